The number of nitrogens with one attached hydrogen (secondary N) is 1. The molecule has 2 N–H and O–H groups in total. The first-order valence-electron chi connectivity index (χ1n) is 6.65. The van der Waals surface area contributed by atoms with Gasteiger partial charge in [0.2, 0.25) is 0 Å². The van der Waals surface area contributed by atoms with E-state index >= 15 is 0 Å². The zero-order valence-corrected chi connectivity index (χ0v) is 13.3. The third kappa shape index (κ3) is 5.09. The molecule has 22 heavy (non-hydrogen) atoms. The van der Waals surface area contributed by atoms with Crippen LogP contribution >= 0.6 is 18.2 Å². The Labute approximate surface area is 132 Å². The van der Waals surface area contributed by atoms with E-state index < -0.39 is 6.95 Å². The van der Waals surface area contributed by atoms with Crippen molar-refractivity contribution in [1.82, 2.24) is 10.4 Å². The average molecular weight is 344 g/mol. The minimum absolute atomic E-state index is 0.0634. The number of halogens is 1. The fourth-order valence-electron chi connectivity index (χ4n) is 2.22. The molecule has 0 bridgehead atoms. The number of carbonyl (C=O) groups excluding carboxylic acids is 1. The summed E-state index contributed by atoms with van der Waals surface area (Å²) in [6, 6.07) is 8.38. The predicted octanol–water partition coefficient (Wildman–Crippen LogP) is 2.02. The SMILES string of the molecule is N#Cc1cccc(C(=O)NC2CCN(OP(=O)(O)Cl)CC2)c1. The first-order chi connectivity index (χ1) is 10.4. The van der Waals surface area contributed by atoms with Crippen LogP contribution in [0.3, 0.4) is 0 Å². The van der Waals surface area contributed by atoms with Gasteiger partial charge in [0.1, 0.15) is 0 Å². The van der Waals surface area contributed by atoms with Gasteiger partial charge in [0.25, 0.3) is 5.91 Å². The summed E-state index contributed by atoms with van der Waals surface area (Å²) in [5.41, 5.74) is 0.857. The van der Waals surface area contributed by atoms with E-state index in [0.29, 0.717) is 37.1 Å². The maximum atomic E-state index is 12.1. The average Bonchev–Trinajstić information content (AvgIpc) is 2.48. The molecule has 1 aliphatic rings. The van der Waals surface area contributed by atoms with Crippen molar-refractivity contribution < 1.29 is 18.9 Å². The summed E-state index contributed by atoms with van der Waals surface area (Å²) in [7, 11) is 0. The molecule has 1 saturated heterocycles. The molecule has 0 aromatic heterocycles. The van der Waals surface area contributed by atoms with Gasteiger partial charge >= 0.3 is 6.95 Å². The summed E-state index contributed by atoms with van der Waals surface area (Å²) >= 11 is 5.15. The van der Waals surface area contributed by atoms with Crippen LogP contribution in [0.15, 0.2) is 24.3 Å². The number of benzene rings is 1. The summed E-state index contributed by atoms with van der Waals surface area (Å²) in [5.74, 6) is -0.248. The Morgan fingerprint density at radius 1 is 1.50 bits per heavy atom. The Balaban J connectivity index is 1.86. The highest BCUT2D eigenvalue weighted by atomic mass is 35.7. The van der Waals surface area contributed by atoms with E-state index in [1.54, 1.807) is 18.2 Å². The van der Waals surface area contributed by atoms with Crippen LogP contribution in [0.1, 0.15) is 28.8 Å². The van der Waals surface area contributed by atoms with Crippen molar-refractivity contribution in [3.63, 3.8) is 0 Å². The molecule has 2 rings (SSSR count). The zero-order valence-electron chi connectivity index (χ0n) is 11.6. The molecule has 118 valence electrons. The van der Waals surface area contributed by atoms with E-state index in [9.17, 15) is 9.36 Å². The van der Waals surface area contributed by atoms with E-state index in [1.165, 1.54) is 11.1 Å². The monoisotopic (exact) mass is 343 g/mol. The molecule has 1 aromatic rings. The molecular weight excluding hydrogens is 329 g/mol. The van der Waals surface area contributed by atoms with E-state index in [2.05, 4.69) is 5.32 Å². The van der Waals surface area contributed by atoms with Gasteiger partial charge in [-0.15, -0.1) is 0 Å². The van der Waals surface area contributed by atoms with Crippen molar-refractivity contribution in [2.24, 2.45) is 0 Å². The van der Waals surface area contributed by atoms with Crippen LogP contribution in [0.2, 0.25) is 0 Å². The van der Waals surface area contributed by atoms with Crippen molar-refractivity contribution >= 4 is 24.1 Å². The molecule has 1 heterocycles. The van der Waals surface area contributed by atoms with Crippen LogP contribution in [0.25, 0.3) is 0 Å². The van der Waals surface area contributed by atoms with Gasteiger partial charge in [-0.25, -0.2) is 9.19 Å². The van der Waals surface area contributed by atoms with Crippen LogP contribution in [-0.2, 0) is 9.19 Å². The Hall–Kier alpha value is -1.42. The van der Waals surface area contributed by atoms with Crippen molar-refractivity contribution in [2.45, 2.75) is 18.9 Å². The Kier molecular flexibility index (Phi) is 5.57. The van der Waals surface area contributed by atoms with Gasteiger partial charge < -0.3 is 10.2 Å². The summed E-state index contributed by atoms with van der Waals surface area (Å²) in [6.45, 7) is -3.28. The number of nitrogens with zero attached hydrogens (tertiary/aromatic N) is 2. The Bertz CT molecular complexity index is 634. The van der Waals surface area contributed by atoms with Crippen LogP contribution in [0.5, 0.6) is 0 Å². The smallest absolute Gasteiger partial charge is 0.349 e. The van der Waals surface area contributed by atoms with Crippen LogP contribution in [0.4, 0.5) is 0 Å². The molecule has 1 fully saturated rings. The number of amides is 1. The quantitative estimate of drug-likeness (QED) is 0.811. The second kappa shape index (κ2) is 7.23. The third-order valence-corrected chi connectivity index (χ3v) is 3.88. The number of piperidine rings is 1. The van der Waals surface area contributed by atoms with Gasteiger partial charge in [-0.05, 0) is 31.0 Å². The lowest BCUT2D eigenvalue weighted by Crippen LogP contribution is -2.44. The Morgan fingerprint density at radius 3 is 2.77 bits per heavy atom. The maximum Gasteiger partial charge on any atom is 0.438 e. The first-order valence-corrected chi connectivity index (χ1v) is 9.14. The van der Waals surface area contributed by atoms with Crippen molar-refractivity contribution in [1.29, 1.82) is 5.26 Å². The van der Waals surface area contributed by atoms with Gasteiger partial charge in [0.15, 0.2) is 0 Å². The molecule has 1 aliphatic heterocycles. The van der Waals surface area contributed by atoms with Crippen molar-refractivity contribution in [2.75, 3.05) is 13.1 Å². The zero-order chi connectivity index (χ0) is 16.2. The third-order valence-electron chi connectivity index (χ3n) is 3.26. The molecule has 7 nitrogen and oxygen atoms in total. The van der Waals surface area contributed by atoms with Gasteiger partial charge in [-0.1, -0.05) is 6.07 Å². The van der Waals surface area contributed by atoms with Crippen molar-refractivity contribution in [3.05, 3.63) is 35.4 Å². The van der Waals surface area contributed by atoms with Gasteiger partial charge in [0.05, 0.1) is 11.6 Å². The molecule has 9 heteroatoms. The maximum absolute atomic E-state index is 12.1. The summed E-state index contributed by atoms with van der Waals surface area (Å²) in [5, 5.41) is 13.0. The minimum Gasteiger partial charge on any atom is -0.349 e. The van der Waals surface area contributed by atoms with Gasteiger partial charge in [0, 0.05) is 35.9 Å². The molecule has 0 aliphatic carbocycles. The normalized spacial score (nSPS) is 19.1. The number of carbonyl (C=O) groups is 1. The second-order valence-corrected chi connectivity index (χ2v) is 7.25. The highest BCUT2D eigenvalue weighted by Crippen LogP contribution is 2.48. The molecule has 1 unspecified atom stereocenters. The highest BCUT2D eigenvalue weighted by molar-refractivity contribution is 7.80. The number of rotatable bonds is 4. The van der Waals surface area contributed by atoms with Gasteiger partial charge in [-0.3, -0.25) is 4.79 Å². The van der Waals surface area contributed by atoms with Gasteiger partial charge in [-0.2, -0.15) is 10.3 Å². The fourth-order valence-corrected chi connectivity index (χ4v) is 2.93. The summed E-state index contributed by atoms with van der Waals surface area (Å²) in [4.78, 5) is 21.1. The van der Waals surface area contributed by atoms with Crippen LogP contribution in [-0.4, -0.2) is 35.0 Å². The first kappa shape index (κ1) is 16.9. The van der Waals surface area contributed by atoms with E-state index in [-0.39, 0.29) is 11.9 Å². The lowest BCUT2D eigenvalue weighted by molar-refractivity contribution is -0.0803. The molecular formula is C13H15ClN3O4P. The number of hydroxylamine groups is 2. The molecule has 0 spiro atoms. The van der Waals surface area contributed by atoms with E-state index in [0.717, 1.165) is 0 Å². The minimum atomic E-state index is -4.06. The van der Waals surface area contributed by atoms with Crippen LogP contribution < -0.4 is 5.32 Å². The highest BCUT2D eigenvalue weighted by Gasteiger charge is 2.26. The molecule has 1 amide bonds. The largest absolute Gasteiger partial charge is 0.438 e. The Morgan fingerprint density at radius 2 is 2.18 bits per heavy atom. The molecule has 0 saturated carbocycles. The number of nitriles is 1. The second-order valence-electron chi connectivity index (χ2n) is 4.90. The summed E-state index contributed by atoms with van der Waals surface area (Å²) in [6.07, 6.45) is 1.14. The molecule has 1 aromatic carbocycles. The lowest BCUT2D eigenvalue weighted by Gasteiger charge is -2.31. The topological polar surface area (TPSA) is 103 Å². The van der Waals surface area contributed by atoms with E-state index in [4.69, 9.17) is 26.0 Å². The predicted molar refractivity (Wildman–Crippen MR) is 80.0 cm³/mol. The number of hydrogen-bond donors (Lipinski definition) is 2. The van der Waals surface area contributed by atoms with Crippen molar-refractivity contribution in [3.8, 4) is 6.07 Å². The summed E-state index contributed by atoms with van der Waals surface area (Å²) < 4.78 is 15.7. The number of hydrogen-bond acceptors (Lipinski definition) is 5. The molecule has 0 radical (unpaired) electrons. The van der Waals surface area contributed by atoms with E-state index in [1.807, 2.05) is 6.07 Å². The standard InChI is InChI=1S/C13H15ClN3O4P/c14-22(19,20)21-17-6-4-12(5-7-17)16-13(18)11-3-1-2-10(8-11)9-15/h1-3,8,12H,4-7H2,(H,16,18)(H,19,20). The molecule has 1 atom stereocenters. The van der Waals surface area contributed by atoms with Crippen LogP contribution in [0, 0.1) is 11.3 Å². The lowest BCUT2D eigenvalue weighted by atomic mass is 10.1. The fraction of sp³-hybridized carbons (Fsp3) is 0.385.